The van der Waals surface area contributed by atoms with E-state index in [1.54, 1.807) is 0 Å². The predicted molar refractivity (Wildman–Crippen MR) is 114 cm³/mol. The summed E-state index contributed by atoms with van der Waals surface area (Å²) in [5.41, 5.74) is 3.22. The second kappa shape index (κ2) is 9.21. The summed E-state index contributed by atoms with van der Waals surface area (Å²) in [4.78, 5) is 12.6. The van der Waals surface area contributed by atoms with E-state index in [0.29, 0.717) is 19.1 Å². The Morgan fingerprint density at radius 1 is 1.00 bits per heavy atom. The highest BCUT2D eigenvalue weighted by Gasteiger charge is 2.22. The number of nitrogens with one attached hydrogen (secondary N) is 1. The van der Waals surface area contributed by atoms with Crippen molar-refractivity contribution in [3.8, 4) is 17.2 Å². The Kier molecular flexibility index (Phi) is 6.68. The van der Waals surface area contributed by atoms with Crippen molar-refractivity contribution >= 4 is 5.91 Å². The van der Waals surface area contributed by atoms with Gasteiger partial charge in [0.2, 0.25) is 0 Å². The Morgan fingerprint density at radius 2 is 1.69 bits per heavy atom. The Labute approximate surface area is 173 Å². The Hall–Kier alpha value is -2.69. The van der Waals surface area contributed by atoms with Crippen molar-refractivity contribution in [2.24, 2.45) is 5.92 Å². The van der Waals surface area contributed by atoms with E-state index in [2.05, 4.69) is 39.1 Å². The number of hydrogen-bond acceptors (Lipinski definition) is 4. The first kappa shape index (κ1) is 21.0. The molecule has 0 bridgehead atoms. The maximum Gasteiger partial charge on any atom is 0.258 e. The van der Waals surface area contributed by atoms with Crippen LogP contribution in [0.1, 0.15) is 56.3 Å². The molecule has 5 nitrogen and oxygen atoms in total. The molecule has 29 heavy (non-hydrogen) atoms. The molecule has 0 spiro atoms. The Bertz CT molecular complexity index is 860. The summed E-state index contributed by atoms with van der Waals surface area (Å²) in [5.74, 6) is 2.71. The van der Waals surface area contributed by atoms with Crippen LogP contribution in [0.4, 0.5) is 0 Å². The highest BCUT2D eigenvalue weighted by atomic mass is 16.6. The molecule has 2 aromatic rings. The minimum absolute atomic E-state index is 0.0177. The number of aryl methyl sites for hydroxylation is 1. The van der Waals surface area contributed by atoms with E-state index >= 15 is 0 Å². The summed E-state index contributed by atoms with van der Waals surface area (Å²) < 4.78 is 17.1. The molecule has 1 unspecified atom stereocenters. The number of hydrogen-bond donors (Lipinski definition) is 1. The number of carbonyl (C=O) groups is 1. The van der Waals surface area contributed by atoms with Gasteiger partial charge in [-0.05, 0) is 53.6 Å². The first-order valence-electron chi connectivity index (χ1n) is 10.3. The summed E-state index contributed by atoms with van der Waals surface area (Å²) in [7, 11) is 0. The van der Waals surface area contributed by atoms with Crippen LogP contribution in [-0.2, 0) is 4.79 Å². The normalized spacial score (nSPS) is 14.0. The molecule has 1 aliphatic rings. The summed E-state index contributed by atoms with van der Waals surface area (Å²) in [6, 6.07) is 11.9. The molecular weight excluding hydrogens is 366 g/mol. The molecule has 1 amide bonds. The van der Waals surface area contributed by atoms with Crippen LogP contribution in [0.2, 0.25) is 0 Å². The largest absolute Gasteiger partial charge is 0.486 e. The number of carbonyl (C=O) groups excluding carboxylic acids is 1. The number of rotatable bonds is 7. The monoisotopic (exact) mass is 397 g/mol. The van der Waals surface area contributed by atoms with Gasteiger partial charge in [0.05, 0.1) is 6.04 Å². The summed E-state index contributed by atoms with van der Waals surface area (Å²) in [6.45, 7) is 11.5. The topological polar surface area (TPSA) is 56.8 Å². The minimum atomic E-state index is -0.145. The van der Waals surface area contributed by atoms with Gasteiger partial charge in [-0.25, -0.2) is 0 Å². The van der Waals surface area contributed by atoms with Gasteiger partial charge >= 0.3 is 0 Å². The molecule has 0 radical (unpaired) electrons. The quantitative estimate of drug-likeness (QED) is 0.730. The first-order chi connectivity index (χ1) is 13.8. The molecule has 5 heteroatoms. The zero-order chi connectivity index (χ0) is 21.0. The minimum Gasteiger partial charge on any atom is -0.486 e. The lowest BCUT2D eigenvalue weighted by molar-refractivity contribution is -0.124. The fourth-order valence-electron chi connectivity index (χ4n) is 3.38. The lowest BCUT2D eigenvalue weighted by Crippen LogP contribution is -2.35. The zero-order valence-corrected chi connectivity index (χ0v) is 18.0. The van der Waals surface area contributed by atoms with E-state index in [9.17, 15) is 4.79 Å². The van der Waals surface area contributed by atoms with Crippen molar-refractivity contribution in [1.29, 1.82) is 0 Å². The van der Waals surface area contributed by atoms with E-state index in [1.165, 1.54) is 5.56 Å². The molecule has 1 atom stereocenters. The van der Waals surface area contributed by atoms with Gasteiger partial charge in [0.15, 0.2) is 18.1 Å². The average molecular weight is 398 g/mol. The third kappa shape index (κ3) is 5.22. The molecule has 2 aromatic carbocycles. The van der Waals surface area contributed by atoms with E-state index in [0.717, 1.165) is 28.4 Å². The van der Waals surface area contributed by atoms with Crippen LogP contribution in [0.3, 0.4) is 0 Å². The molecule has 1 heterocycles. The van der Waals surface area contributed by atoms with Crippen LogP contribution in [0.15, 0.2) is 36.4 Å². The van der Waals surface area contributed by atoms with Crippen molar-refractivity contribution in [1.82, 2.24) is 5.32 Å². The van der Waals surface area contributed by atoms with Crippen LogP contribution >= 0.6 is 0 Å². The van der Waals surface area contributed by atoms with Crippen molar-refractivity contribution < 1.29 is 19.0 Å². The van der Waals surface area contributed by atoms with E-state index in [-0.39, 0.29) is 24.5 Å². The smallest absolute Gasteiger partial charge is 0.258 e. The summed E-state index contributed by atoms with van der Waals surface area (Å²) in [5, 5.41) is 3.11. The fourth-order valence-corrected chi connectivity index (χ4v) is 3.38. The van der Waals surface area contributed by atoms with E-state index < -0.39 is 0 Å². The second-order valence-corrected chi connectivity index (χ2v) is 8.16. The number of benzene rings is 2. The van der Waals surface area contributed by atoms with E-state index in [1.807, 2.05) is 37.3 Å². The second-order valence-electron chi connectivity index (χ2n) is 8.16. The molecule has 1 N–H and O–H groups in total. The average Bonchev–Trinajstić information content (AvgIpc) is 2.70. The SMILES string of the molecule is Cc1ccc(C(C)C)cc1OCC(=O)NC(c1ccc2c(c1)OCCO2)C(C)C. The number of ether oxygens (including phenoxy) is 3. The van der Waals surface area contributed by atoms with Crippen molar-refractivity contribution in [2.75, 3.05) is 19.8 Å². The van der Waals surface area contributed by atoms with Gasteiger partial charge in [0.1, 0.15) is 19.0 Å². The standard InChI is InChI=1S/C24H31NO4/c1-15(2)18-7-6-17(5)21(12-18)29-14-23(26)25-24(16(3)4)19-8-9-20-22(13-19)28-11-10-27-20/h6-9,12-13,15-16,24H,10-11,14H2,1-5H3,(H,25,26). The maximum atomic E-state index is 12.6. The number of fused-ring (bicyclic) bond motifs is 1. The van der Waals surface area contributed by atoms with Gasteiger partial charge in [0, 0.05) is 0 Å². The molecule has 3 rings (SSSR count). The van der Waals surface area contributed by atoms with Gasteiger partial charge in [0.25, 0.3) is 5.91 Å². The van der Waals surface area contributed by atoms with Crippen molar-refractivity contribution in [3.05, 3.63) is 53.1 Å². The molecule has 156 valence electrons. The summed E-state index contributed by atoms with van der Waals surface area (Å²) in [6.07, 6.45) is 0. The van der Waals surface area contributed by atoms with Crippen LogP contribution in [-0.4, -0.2) is 25.7 Å². The highest BCUT2D eigenvalue weighted by Crippen LogP contribution is 2.34. The maximum absolute atomic E-state index is 12.6. The van der Waals surface area contributed by atoms with Gasteiger partial charge in [-0.15, -0.1) is 0 Å². The van der Waals surface area contributed by atoms with Gasteiger partial charge in [-0.3, -0.25) is 4.79 Å². The molecule has 0 aliphatic carbocycles. The Balaban J connectivity index is 1.67. The zero-order valence-electron chi connectivity index (χ0n) is 18.0. The molecule has 0 saturated heterocycles. The fraction of sp³-hybridized carbons (Fsp3) is 0.458. The Morgan fingerprint density at radius 3 is 2.38 bits per heavy atom. The molecular formula is C24H31NO4. The third-order valence-corrected chi connectivity index (χ3v) is 5.15. The lowest BCUT2D eigenvalue weighted by atomic mass is 9.95. The molecule has 0 saturated carbocycles. The highest BCUT2D eigenvalue weighted by molar-refractivity contribution is 5.78. The van der Waals surface area contributed by atoms with Crippen LogP contribution in [0.25, 0.3) is 0 Å². The van der Waals surface area contributed by atoms with Crippen LogP contribution in [0, 0.1) is 12.8 Å². The van der Waals surface area contributed by atoms with Crippen molar-refractivity contribution in [2.45, 2.75) is 46.6 Å². The van der Waals surface area contributed by atoms with Gasteiger partial charge in [-0.2, -0.15) is 0 Å². The first-order valence-corrected chi connectivity index (χ1v) is 10.3. The molecule has 1 aliphatic heterocycles. The predicted octanol–water partition coefficient (Wildman–Crippen LogP) is 4.78. The third-order valence-electron chi connectivity index (χ3n) is 5.15. The summed E-state index contributed by atoms with van der Waals surface area (Å²) >= 11 is 0. The van der Waals surface area contributed by atoms with Gasteiger partial charge < -0.3 is 19.5 Å². The van der Waals surface area contributed by atoms with Crippen LogP contribution in [0.5, 0.6) is 17.2 Å². The lowest BCUT2D eigenvalue weighted by Gasteiger charge is -2.25. The van der Waals surface area contributed by atoms with Gasteiger partial charge in [-0.1, -0.05) is 45.9 Å². The van der Waals surface area contributed by atoms with Crippen LogP contribution < -0.4 is 19.5 Å². The van der Waals surface area contributed by atoms with Crippen molar-refractivity contribution in [3.63, 3.8) is 0 Å². The number of amides is 1. The van der Waals surface area contributed by atoms with E-state index in [4.69, 9.17) is 14.2 Å². The molecule has 0 aromatic heterocycles. The molecule has 0 fully saturated rings.